The molecule has 1 atom stereocenters. The zero-order valence-electron chi connectivity index (χ0n) is 10.9. The summed E-state index contributed by atoms with van der Waals surface area (Å²) in [6.45, 7) is 7.48. The predicted octanol–water partition coefficient (Wildman–Crippen LogP) is 3.59. The Morgan fingerprint density at radius 2 is 1.76 bits per heavy atom. The average Bonchev–Trinajstić information content (AvgIpc) is 2.33. The first-order valence-corrected chi connectivity index (χ1v) is 6.83. The van der Waals surface area contributed by atoms with Crippen molar-refractivity contribution in [2.45, 2.75) is 27.2 Å². The number of ether oxygens (including phenoxy) is 2. The van der Waals surface area contributed by atoms with E-state index in [4.69, 9.17) is 9.47 Å². The minimum atomic E-state index is 0.575. The van der Waals surface area contributed by atoms with Crippen LogP contribution in [0.2, 0.25) is 0 Å². The molecule has 0 aliphatic heterocycles. The van der Waals surface area contributed by atoms with Crippen molar-refractivity contribution in [1.82, 2.24) is 0 Å². The molecule has 0 aromatic heterocycles. The molecule has 0 N–H and O–H groups in total. The maximum absolute atomic E-state index is 5.60. The van der Waals surface area contributed by atoms with Crippen LogP contribution in [0.25, 0.3) is 0 Å². The summed E-state index contributed by atoms with van der Waals surface area (Å²) in [7, 11) is 0. The molecule has 0 spiro atoms. The number of rotatable bonds is 7. The molecule has 3 heteroatoms. The fourth-order valence-corrected chi connectivity index (χ4v) is 1.82. The number of hydrogen-bond donors (Lipinski definition) is 1. The summed E-state index contributed by atoms with van der Waals surface area (Å²) in [5.74, 6) is 3.15. The molecular formula is C14H22O2S. The van der Waals surface area contributed by atoms with Gasteiger partial charge in [0.25, 0.3) is 0 Å². The van der Waals surface area contributed by atoms with Gasteiger partial charge in [-0.05, 0) is 49.6 Å². The van der Waals surface area contributed by atoms with Gasteiger partial charge < -0.3 is 9.47 Å². The Morgan fingerprint density at radius 1 is 1.12 bits per heavy atom. The van der Waals surface area contributed by atoms with Crippen LogP contribution in [0.1, 0.15) is 26.3 Å². The number of benzene rings is 1. The average molecular weight is 254 g/mol. The van der Waals surface area contributed by atoms with Crippen LogP contribution in [0.3, 0.4) is 0 Å². The lowest BCUT2D eigenvalue weighted by Gasteiger charge is -2.14. The van der Waals surface area contributed by atoms with Gasteiger partial charge in [0, 0.05) is 0 Å². The van der Waals surface area contributed by atoms with Gasteiger partial charge in [-0.25, -0.2) is 0 Å². The lowest BCUT2D eigenvalue weighted by atomic mass is 10.0. The summed E-state index contributed by atoms with van der Waals surface area (Å²) in [6.07, 6.45) is 1.02. The lowest BCUT2D eigenvalue weighted by molar-refractivity contribution is 0.287. The summed E-state index contributed by atoms with van der Waals surface area (Å²) in [6, 6.07) is 6.18. The van der Waals surface area contributed by atoms with Crippen molar-refractivity contribution in [3.05, 3.63) is 23.8 Å². The van der Waals surface area contributed by atoms with Gasteiger partial charge in [0.1, 0.15) is 0 Å². The summed E-state index contributed by atoms with van der Waals surface area (Å²) in [5, 5.41) is 0. The molecular weight excluding hydrogens is 232 g/mol. The Bertz CT molecular complexity index is 339. The number of thiol groups is 1. The third-order valence-corrected chi connectivity index (χ3v) is 3.13. The van der Waals surface area contributed by atoms with Crippen LogP contribution in [-0.4, -0.2) is 19.0 Å². The van der Waals surface area contributed by atoms with Crippen LogP contribution in [0, 0.1) is 5.92 Å². The van der Waals surface area contributed by atoms with Gasteiger partial charge in [-0.3, -0.25) is 0 Å². The van der Waals surface area contributed by atoms with Gasteiger partial charge in [0.15, 0.2) is 11.5 Å². The van der Waals surface area contributed by atoms with Gasteiger partial charge in [-0.2, -0.15) is 12.6 Å². The third-order valence-electron chi connectivity index (χ3n) is 2.50. The highest BCUT2D eigenvalue weighted by Gasteiger charge is 2.08. The smallest absolute Gasteiger partial charge is 0.161 e. The van der Waals surface area contributed by atoms with Crippen molar-refractivity contribution in [2.75, 3.05) is 19.0 Å². The molecule has 1 aromatic rings. The van der Waals surface area contributed by atoms with Crippen molar-refractivity contribution in [3.8, 4) is 11.5 Å². The number of hydrogen-bond acceptors (Lipinski definition) is 3. The van der Waals surface area contributed by atoms with Crippen molar-refractivity contribution in [2.24, 2.45) is 5.92 Å². The van der Waals surface area contributed by atoms with Gasteiger partial charge in [0.05, 0.1) is 13.2 Å². The second-order valence-corrected chi connectivity index (χ2v) is 4.50. The van der Waals surface area contributed by atoms with E-state index in [1.54, 1.807) is 0 Å². The Kier molecular flexibility index (Phi) is 6.27. The van der Waals surface area contributed by atoms with E-state index in [1.165, 1.54) is 5.56 Å². The predicted molar refractivity (Wildman–Crippen MR) is 75.5 cm³/mol. The minimum absolute atomic E-state index is 0.575. The molecule has 0 heterocycles. The van der Waals surface area contributed by atoms with E-state index >= 15 is 0 Å². The molecule has 0 radical (unpaired) electrons. The highest BCUT2D eigenvalue weighted by atomic mass is 32.1. The standard InChI is InChI=1S/C14H22O2S/c1-4-15-13-7-6-12(8-11(3)10-17)9-14(13)16-5-2/h6-7,9,11,17H,4-5,8,10H2,1-3H3. The maximum Gasteiger partial charge on any atom is 0.161 e. The third kappa shape index (κ3) is 4.50. The van der Waals surface area contributed by atoms with Crippen LogP contribution < -0.4 is 9.47 Å². The molecule has 0 saturated heterocycles. The summed E-state index contributed by atoms with van der Waals surface area (Å²) < 4.78 is 11.1. The van der Waals surface area contributed by atoms with Gasteiger partial charge in [-0.15, -0.1) is 0 Å². The van der Waals surface area contributed by atoms with E-state index in [0.29, 0.717) is 19.1 Å². The molecule has 0 bridgehead atoms. The normalized spacial score (nSPS) is 12.2. The Morgan fingerprint density at radius 3 is 2.35 bits per heavy atom. The van der Waals surface area contributed by atoms with Gasteiger partial charge >= 0.3 is 0 Å². The molecule has 1 aromatic carbocycles. The molecule has 0 amide bonds. The largest absolute Gasteiger partial charge is 0.490 e. The van der Waals surface area contributed by atoms with Crippen molar-refractivity contribution < 1.29 is 9.47 Å². The summed E-state index contributed by atoms with van der Waals surface area (Å²) in [5.41, 5.74) is 1.28. The highest BCUT2D eigenvalue weighted by Crippen LogP contribution is 2.29. The Hall–Kier alpha value is -0.830. The SMILES string of the molecule is CCOc1ccc(CC(C)CS)cc1OCC. The lowest BCUT2D eigenvalue weighted by Crippen LogP contribution is -2.03. The molecule has 0 aliphatic rings. The van der Waals surface area contributed by atoms with Crippen LogP contribution in [0.15, 0.2) is 18.2 Å². The van der Waals surface area contributed by atoms with Gasteiger partial charge in [-0.1, -0.05) is 13.0 Å². The van der Waals surface area contributed by atoms with E-state index in [-0.39, 0.29) is 0 Å². The molecule has 0 fully saturated rings. The quantitative estimate of drug-likeness (QED) is 0.750. The second kappa shape index (κ2) is 7.49. The summed E-state index contributed by atoms with van der Waals surface area (Å²) in [4.78, 5) is 0. The Balaban J connectivity index is 2.84. The van der Waals surface area contributed by atoms with Gasteiger partial charge in [0.2, 0.25) is 0 Å². The molecule has 17 heavy (non-hydrogen) atoms. The molecule has 2 nitrogen and oxygen atoms in total. The van der Waals surface area contributed by atoms with Crippen LogP contribution in [0.4, 0.5) is 0 Å². The van der Waals surface area contributed by atoms with Crippen LogP contribution in [0.5, 0.6) is 11.5 Å². The summed E-state index contributed by atoms with van der Waals surface area (Å²) >= 11 is 4.31. The van der Waals surface area contributed by atoms with E-state index in [2.05, 4.69) is 31.7 Å². The maximum atomic E-state index is 5.60. The highest BCUT2D eigenvalue weighted by molar-refractivity contribution is 7.80. The first kappa shape index (κ1) is 14.2. The first-order valence-electron chi connectivity index (χ1n) is 6.20. The topological polar surface area (TPSA) is 18.5 Å². The first-order chi connectivity index (χ1) is 8.21. The zero-order valence-corrected chi connectivity index (χ0v) is 11.8. The van der Waals surface area contributed by atoms with E-state index in [1.807, 2.05) is 19.9 Å². The van der Waals surface area contributed by atoms with Crippen molar-refractivity contribution in [3.63, 3.8) is 0 Å². The minimum Gasteiger partial charge on any atom is -0.490 e. The Labute approximate surface area is 110 Å². The monoisotopic (exact) mass is 254 g/mol. The van der Waals surface area contributed by atoms with Crippen LogP contribution in [-0.2, 0) is 6.42 Å². The molecule has 0 saturated carbocycles. The molecule has 1 unspecified atom stereocenters. The second-order valence-electron chi connectivity index (χ2n) is 4.14. The van der Waals surface area contributed by atoms with E-state index in [9.17, 15) is 0 Å². The molecule has 1 rings (SSSR count). The fraction of sp³-hybridized carbons (Fsp3) is 0.571. The fourth-order valence-electron chi connectivity index (χ4n) is 1.69. The zero-order chi connectivity index (χ0) is 12.7. The van der Waals surface area contributed by atoms with Crippen molar-refractivity contribution in [1.29, 1.82) is 0 Å². The van der Waals surface area contributed by atoms with E-state index in [0.717, 1.165) is 23.7 Å². The van der Waals surface area contributed by atoms with E-state index < -0.39 is 0 Å². The molecule has 0 aliphatic carbocycles. The molecule has 96 valence electrons. The van der Waals surface area contributed by atoms with Crippen LogP contribution >= 0.6 is 12.6 Å². The van der Waals surface area contributed by atoms with Crippen molar-refractivity contribution >= 4 is 12.6 Å².